The van der Waals surface area contributed by atoms with E-state index in [-0.39, 0.29) is 17.3 Å². The second kappa shape index (κ2) is 15.0. The third kappa shape index (κ3) is 7.00. The molecule has 0 bridgehead atoms. The van der Waals surface area contributed by atoms with Crippen molar-refractivity contribution in [2.45, 2.75) is 31.3 Å². The van der Waals surface area contributed by atoms with Crippen molar-refractivity contribution < 1.29 is 24.0 Å². The van der Waals surface area contributed by atoms with Gasteiger partial charge in [0.1, 0.15) is 0 Å². The van der Waals surface area contributed by atoms with Gasteiger partial charge >= 0.3 is 11.9 Å². The van der Waals surface area contributed by atoms with E-state index in [1.54, 1.807) is 19.1 Å². The summed E-state index contributed by atoms with van der Waals surface area (Å²) >= 11 is 0. The van der Waals surface area contributed by atoms with Gasteiger partial charge in [0.05, 0.1) is 41.4 Å². The predicted molar refractivity (Wildman–Crippen MR) is 196 cm³/mol. The Morgan fingerprint density at radius 2 is 1.53 bits per heavy atom. The van der Waals surface area contributed by atoms with Crippen LogP contribution >= 0.6 is 0 Å². The van der Waals surface area contributed by atoms with E-state index in [4.69, 9.17) is 9.47 Å². The van der Waals surface area contributed by atoms with Gasteiger partial charge in [0.15, 0.2) is 0 Å². The monoisotopic (exact) mass is 686 g/mol. The van der Waals surface area contributed by atoms with Gasteiger partial charge in [-0.05, 0) is 48.2 Å². The normalized spacial score (nSPS) is 20.7. The predicted octanol–water partition coefficient (Wildman–Crippen LogP) is 6.86. The molecule has 3 atom stereocenters. The van der Waals surface area contributed by atoms with Crippen LogP contribution in [0.3, 0.4) is 0 Å². The molecule has 0 amide bonds. The number of nitrogens with zero attached hydrogens (tertiary/aromatic N) is 3. The Hall–Kier alpha value is -5.74. The second-order valence-electron chi connectivity index (χ2n) is 13.1. The summed E-state index contributed by atoms with van der Waals surface area (Å²) in [5, 5.41) is 15.2. The quantitative estimate of drug-likeness (QED) is 0.0828. The molecule has 0 aliphatic carbocycles. The van der Waals surface area contributed by atoms with E-state index >= 15 is 0 Å². The van der Waals surface area contributed by atoms with Gasteiger partial charge in [-0.3, -0.25) is 19.8 Å². The molecule has 2 aliphatic rings. The number of carbonyl (C=O) groups is 2. The highest BCUT2D eigenvalue weighted by Gasteiger charge is 2.53. The van der Waals surface area contributed by atoms with Crippen molar-refractivity contribution in [2.75, 3.05) is 38.2 Å². The fourth-order valence-corrected chi connectivity index (χ4v) is 7.77. The van der Waals surface area contributed by atoms with E-state index in [2.05, 4.69) is 82.4 Å². The maximum absolute atomic E-state index is 13.8. The zero-order valence-electron chi connectivity index (χ0n) is 29.0. The first-order valence-electron chi connectivity index (χ1n) is 17.0. The van der Waals surface area contributed by atoms with Crippen LogP contribution in [0, 0.1) is 16.0 Å². The number of hydrogen-bond acceptors (Lipinski definition) is 9. The van der Waals surface area contributed by atoms with Crippen LogP contribution in [0.2, 0.25) is 0 Å². The molecule has 0 radical (unpaired) electrons. The Kier molecular flexibility index (Phi) is 10.3. The molecule has 4 aromatic rings. The van der Waals surface area contributed by atoms with Crippen LogP contribution in [0.25, 0.3) is 0 Å². The number of nitro benzene ring substituents is 1. The average molecular weight is 687 g/mol. The van der Waals surface area contributed by atoms with Gasteiger partial charge in [-0.2, -0.15) is 0 Å². The minimum Gasteiger partial charge on any atom is -0.469 e. The number of esters is 2. The first-order chi connectivity index (χ1) is 24.7. The van der Waals surface area contributed by atoms with Crippen molar-refractivity contribution in [1.82, 2.24) is 10.2 Å². The number of ether oxygens (including phenoxy) is 2. The molecule has 10 nitrogen and oxygen atoms in total. The maximum Gasteiger partial charge on any atom is 0.341 e. The number of methoxy groups -OCH3 is 1. The molecular weight excluding hydrogens is 644 g/mol. The molecule has 0 saturated carbocycles. The topological polar surface area (TPSA) is 114 Å². The summed E-state index contributed by atoms with van der Waals surface area (Å²) in [5.41, 5.74) is 4.22. The van der Waals surface area contributed by atoms with E-state index < -0.39 is 34.2 Å². The highest BCUT2D eigenvalue weighted by atomic mass is 16.6. The molecule has 2 unspecified atom stereocenters. The molecule has 262 valence electrons. The summed E-state index contributed by atoms with van der Waals surface area (Å²) in [5.74, 6) is -3.21. The fourth-order valence-electron chi connectivity index (χ4n) is 7.77. The van der Waals surface area contributed by atoms with Crippen molar-refractivity contribution in [2.24, 2.45) is 5.92 Å². The van der Waals surface area contributed by atoms with Gasteiger partial charge in [-0.1, -0.05) is 91.5 Å². The molecule has 0 spiro atoms. The molecular formula is C41H42N4O6. The third-order valence-corrected chi connectivity index (χ3v) is 10.2. The Morgan fingerprint density at radius 3 is 2.08 bits per heavy atom. The number of allylic oxidation sites excluding steroid dienone is 1. The maximum atomic E-state index is 13.8. The Morgan fingerprint density at radius 1 is 0.922 bits per heavy atom. The summed E-state index contributed by atoms with van der Waals surface area (Å²) in [6.07, 6.45) is 1.02. The number of anilines is 1. The number of benzene rings is 4. The number of hydrogen-bond donors (Lipinski definition) is 1. The van der Waals surface area contributed by atoms with E-state index in [1.165, 1.54) is 30.4 Å². The van der Waals surface area contributed by atoms with Gasteiger partial charge in [0.2, 0.25) is 0 Å². The smallest absolute Gasteiger partial charge is 0.341 e. The van der Waals surface area contributed by atoms with Gasteiger partial charge < -0.3 is 19.7 Å². The van der Waals surface area contributed by atoms with Crippen molar-refractivity contribution in [3.63, 3.8) is 0 Å². The number of carbonyl (C=O) groups excluding carboxylic acids is 2. The van der Waals surface area contributed by atoms with Crippen molar-refractivity contribution in [3.05, 3.63) is 166 Å². The van der Waals surface area contributed by atoms with Crippen LogP contribution < -0.4 is 10.2 Å². The van der Waals surface area contributed by atoms with E-state index in [0.717, 1.165) is 43.7 Å². The van der Waals surface area contributed by atoms with Gasteiger partial charge in [-0.25, -0.2) is 4.79 Å². The fraction of sp³-hybridized carbons (Fsp3) is 0.268. The van der Waals surface area contributed by atoms with Crippen LogP contribution in [0.5, 0.6) is 0 Å². The second-order valence-corrected chi connectivity index (χ2v) is 13.1. The minimum absolute atomic E-state index is 0.159. The lowest BCUT2D eigenvalue weighted by Crippen LogP contribution is -2.55. The van der Waals surface area contributed by atoms with Crippen LogP contribution in [0.1, 0.15) is 48.1 Å². The van der Waals surface area contributed by atoms with Gasteiger partial charge in [-0.15, -0.1) is 0 Å². The number of piperazine rings is 1. The number of non-ortho nitro benzene ring substituents is 1. The number of nitro groups is 1. The third-order valence-electron chi connectivity index (χ3n) is 10.2. The lowest BCUT2D eigenvalue weighted by molar-refractivity contribution is -0.384. The molecule has 6 rings (SSSR count). The lowest BCUT2D eigenvalue weighted by Gasteiger charge is -2.47. The number of rotatable bonds is 10. The molecule has 10 heteroatoms. The summed E-state index contributed by atoms with van der Waals surface area (Å²) < 4.78 is 10.6. The molecule has 1 N–H and O–H groups in total. The SMILES string of the molecule is C=COC(=O)C1=C(C)N[C@](C)(c2ccc(N3CCN(C(c4ccccc4)c4ccccc4)CC3)cc2)C(C(=O)OC)C1c1cccc([N+](=O)[O-])c1. The highest BCUT2D eigenvalue weighted by Crippen LogP contribution is 2.49. The van der Waals surface area contributed by atoms with Gasteiger partial charge in [0.25, 0.3) is 5.69 Å². The van der Waals surface area contributed by atoms with Crippen LogP contribution in [0.15, 0.2) is 133 Å². The summed E-state index contributed by atoms with van der Waals surface area (Å²) in [6, 6.07) is 35.5. The van der Waals surface area contributed by atoms with E-state index in [0.29, 0.717) is 11.3 Å². The molecule has 2 aliphatic heterocycles. The minimum atomic E-state index is -1.07. The van der Waals surface area contributed by atoms with Crippen LogP contribution in [-0.2, 0) is 24.6 Å². The molecule has 0 aromatic heterocycles. The first kappa shape index (κ1) is 35.1. The molecule has 51 heavy (non-hydrogen) atoms. The number of nitrogens with one attached hydrogen (secondary N) is 1. The standard InChI is InChI=1S/C41H42N4O6/c1-5-51-39(46)35-28(2)42-41(3,37(40(47)50-4)36(35)31-17-12-18-34(27-31)45(48)49)32-19-21-33(22-20-32)43-23-25-44(26-24-43)38(29-13-8-6-9-14-29)30-15-10-7-11-16-30/h5-22,27,36-38,42H,1,23-26H2,2-4H3/t36?,37?,41-/m1/s1. The molecule has 1 fully saturated rings. The Bertz CT molecular complexity index is 1880. The Balaban J connectivity index is 1.30. The van der Waals surface area contributed by atoms with Crippen LogP contribution in [0.4, 0.5) is 11.4 Å². The molecule has 2 heterocycles. The summed E-state index contributed by atoms with van der Waals surface area (Å²) in [7, 11) is 1.29. The van der Waals surface area contributed by atoms with Crippen molar-refractivity contribution >= 4 is 23.3 Å². The summed E-state index contributed by atoms with van der Waals surface area (Å²) in [4.78, 5) is 43.3. The van der Waals surface area contributed by atoms with Crippen molar-refractivity contribution in [1.29, 1.82) is 0 Å². The van der Waals surface area contributed by atoms with Crippen molar-refractivity contribution in [3.8, 4) is 0 Å². The zero-order valence-corrected chi connectivity index (χ0v) is 29.0. The van der Waals surface area contributed by atoms with Gasteiger partial charge in [0, 0.05) is 55.6 Å². The summed E-state index contributed by atoms with van der Waals surface area (Å²) in [6.45, 7) is 10.6. The van der Waals surface area contributed by atoms with Crippen LogP contribution in [-0.4, -0.2) is 55.1 Å². The largest absolute Gasteiger partial charge is 0.469 e. The first-order valence-corrected chi connectivity index (χ1v) is 17.0. The Labute approximate surface area is 298 Å². The molecule has 1 saturated heterocycles. The zero-order chi connectivity index (χ0) is 36.1. The molecule has 4 aromatic carbocycles. The average Bonchev–Trinajstić information content (AvgIpc) is 3.15. The lowest BCUT2D eigenvalue weighted by atomic mass is 9.65. The highest BCUT2D eigenvalue weighted by molar-refractivity contribution is 5.94. The van der Waals surface area contributed by atoms with E-state index in [9.17, 15) is 19.7 Å². The van der Waals surface area contributed by atoms with E-state index in [1.807, 2.05) is 31.2 Å².